The molecule has 0 spiro atoms. The predicted molar refractivity (Wildman–Crippen MR) is 147 cm³/mol. The second-order valence-corrected chi connectivity index (χ2v) is 12.5. The lowest BCUT2D eigenvalue weighted by Gasteiger charge is -2.25. The van der Waals surface area contributed by atoms with Gasteiger partial charge in [-0.1, -0.05) is 113 Å². The van der Waals surface area contributed by atoms with E-state index in [2.05, 4.69) is 141 Å². The molecule has 1 heterocycles. The van der Waals surface area contributed by atoms with Crippen LogP contribution in [0, 0.1) is 0 Å². The number of benzene rings is 3. The molecule has 1 atom stereocenters. The lowest BCUT2D eigenvalue weighted by Crippen LogP contribution is -2.33. The quantitative estimate of drug-likeness (QED) is 0.186. The Balaban J connectivity index is 1.56. The molecule has 0 aliphatic rings. The van der Waals surface area contributed by atoms with Crippen LogP contribution in [0.4, 0.5) is 0 Å². The summed E-state index contributed by atoms with van der Waals surface area (Å²) in [5.74, 6) is 0.981. The molecule has 0 saturated heterocycles. The van der Waals surface area contributed by atoms with E-state index < -0.39 is 7.92 Å². The summed E-state index contributed by atoms with van der Waals surface area (Å²) in [6.45, 7) is 12.6. The van der Waals surface area contributed by atoms with Crippen molar-refractivity contribution in [2.45, 2.75) is 65.1 Å². The molecule has 0 N–H and O–H groups in total. The number of nitrogens with zero attached hydrogens (tertiary/aromatic N) is 2. The molecule has 0 fully saturated rings. The number of para-hydroxylation sites is 1. The standard InChI is InChI=1S/C31H38N2P/c1-24(2)29-17-12-18-30(25(3)4)31(29)33-22-21-32(23-33)20-19-26(5)34(27-13-8-6-9-14-27)28-15-10-7-11-16-28/h6-18,21-26H,19-20H2,1-5H3/q+1/t26-/m0/s1. The van der Waals surface area contributed by atoms with Gasteiger partial charge in [0, 0.05) is 11.1 Å². The third kappa shape index (κ3) is 5.50. The maximum atomic E-state index is 2.42. The lowest BCUT2D eigenvalue weighted by molar-refractivity contribution is -0.696. The Kier molecular flexibility index (Phi) is 8.01. The molecule has 4 aromatic rings. The van der Waals surface area contributed by atoms with E-state index in [1.54, 1.807) is 0 Å². The SMILES string of the molecule is CC(C)c1cccc(C(C)C)c1-n1cc[n+](CC[C@H](C)P(c2ccccc2)c2ccccc2)c1. The fourth-order valence-corrected chi connectivity index (χ4v) is 7.45. The van der Waals surface area contributed by atoms with Gasteiger partial charge in [0.15, 0.2) is 0 Å². The third-order valence-electron chi connectivity index (χ3n) is 6.61. The molecular formula is C31H38N2P+. The second-order valence-electron chi connectivity index (χ2n) is 9.83. The highest BCUT2D eigenvalue weighted by Gasteiger charge is 2.23. The molecule has 0 saturated carbocycles. The Bertz CT molecular complexity index is 1110. The van der Waals surface area contributed by atoms with Crippen molar-refractivity contribution >= 4 is 18.5 Å². The highest BCUT2D eigenvalue weighted by molar-refractivity contribution is 7.73. The Morgan fingerprint density at radius 1 is 0.706 bits per heavy atom. The van der Waals surface area contributed by atoms with E-state index in [0.717, 1.165) is 13.0 Å². The van der Waals surface area contributed by atoms with Crippen LogP contribution in [0.2, 0.25) is 0 Å². The molecule has 0 bridgehead atoms. The Morgan fingerprint density at radius 2 is 1.24 bits per heavy atom. The van der Waals surface area contributed by atoms with E-state index in [4.69, 9.17) is 0 Å². The molecule has 0 radical (unpaired) electrons. The van der Waals surface area contributed by atoms with E-state index in [0.29, 0.717) is 17.5 Å². The van der Waals surface area contributed by atoms with E-state index in [-0.39, 0.29) is 0 Å². The average Bonchev–Trinajstić information content (AvgIpc) is 3.32. The summed E-state index contributed by atoms with van der Waals surface area (Å²) in [4.78, 5) is 0. The minimum absolute atomic E-state index is 0.393. The van der Waals surface area contributed by atoms with Crippen molar-refractivity contribution < 1.29 is 4.57 Å². The fourth-order valence-electron chi connectivity index (χ4n) is 4.77. The minimum atomic E-state index is -0.393. The van der Waals surface area contributed by atoms with Crippen LogP contribution in [0.1, 0.15) is 64.0 Å². The zero-order valence-electron chi connectivity index (χ0n) is 21.2. The van der Waals surface area contributed by atoms with Crippen molar-refractivity contribution in [3.8, 4) is 5.69 Å². The van der Waals surface area contributed by atoms with E-state index in [1.165, 1.54) is 27.4 Å². The zero-order chi connectivity index (χ0) is 24.1. The molecule has 2 nitrogen and oxygen atoms in total. The Hall–Kier alpha value is -2.70. The van der Waals surface area contributed by atoms with Crippen LogP contribution >= 0.6 is 7.92 Å². The predicted octanol–water partition coefficient (Wildman–Crippen LogP) is 6.92. The van der Waals surface area contributed by atoms with Crippen molar-refractivity contribution in [3.63, 3.8) is 0 Å². The van der Waals surface area contributed by atoms with Crippen LogP contribution in [0.15, 0.2) is 97.6 Å². The summed E-state index contributed by atoms with van der Waals surface area (Å²) in [6.07, 6.45) is 7.90. The first kappa shape index (κ1) is 24.4. The van der Waals surface area contributed by atoms with Gasteiger partial charge in [-0.05, 0) is 42.4 Å². The molecule has 176 valence electrons. The Labute approximate surface area is 207 Å². The maximum absolute atomic E-state index is 2.42. The van der Waals surface area contributed by atoms with E-state index >= 15 is 0 Å². The summed E-state index contributed by atoms with van der Waals surface area (Å²) in [5, 5.41) is 2.93. The molecule has 0 unspecified atom stereocenters. The fraction of sp³-hybridized carbons (Fsp3) is 0.323. The van der Waals surface area contributed by atoms with Crippen LogP contribution in [0.25, 0.3) is 5.69 Å². The molecule has 1 aromatic heterocycles. The molecular weight excluding hydrogens is 431 g/mol. The van der Waals surface area contributed by atoms with Gasteiger partial charge in [0.1, 0.15) is 18.1 Å². The average molecular weight is 470 g/mol. The number of aryl methyl sites for hydroxylation is 1. The molecule has 3 aromatic carbocycles. The summed E-state index contributed by atoms with van der Waals surface area (Å²) in [5.41, 5.74) is 4.78. The van der Waals surface area contributed by atoms with Crippen molar-refractivity contribution in [1.82, 2.24) is 4.57 Å². The Morgan fingerprint density at radius 3 is 1.74 bits per heavy atom. The monoisotopic (exact) mass is 469 g/mol. The van der Waals surface area contributed by atoms with Crippen LogP contribution < -0.4 is 15.2 Å². The maximum Gasteiger partial charge on any atom is 0.248 e. The van der Waals surface area contributed by atoms with Gasteiger partial charge in [-0.3, -0.25) is 0 Å². The first-order valence-corrected chi connectivity index (χ1v) is 14.0. The number of rotatable bonds is 9. The zero-order valence-corrected chi connectivity index (χ0v) is 22.1. The van der Waals surface area contributed by atoms with Gasteiger partial charge in [-0.15, -0.1) is 0 Å². The first-order valence-electron chi connectivity index (χ1n) is 12.5. The number of hydrogen-bond donors (Lipinski definition) is 0. The highest BCUT2D eigenvalue weighted by Crippen LogP contribution is 2.40. The van der Waals surface area contributed by atoms with Gasteiger partial charge in [-0.2, -0.15) is 0 Å². The van der Waals surface area contributed by atoms with Gasteiger partial charge < -0.3 is 0 Å². The van der Waals surface area contributed by atoms with Crippen molar-refractivity contribution in [2.75, 3.05) is 0 Å². The summed E-state index contributed by atoms with van der Waals surface area (Å²) in [6, 6.07) is 28.9. The topological polar surface area (TPSA) is 8.81 Å². The van der Waals surface area contributed by atoms with Crippen LogP contribution in [-0.2, 0) is 6.54 Å². The first-order chi connectivity index (χ1) is 16.5. The van der Waals surface area contributed by atoms with Crippen molar-refractivity contribution in [2.24, 2.45) is 0 Å². The number of imidazole rings is 1. The minimum Gasteiger partial charge on any atom is -0.236 e. The van der Waals surface area contributed by atoms with Gasteiger partial charge in [0.25, 0.3) is 0 Å². The molecule has 0 amide bonds. The van der Waals surface area contributed by atoms with Crippen LogP contribution in [0.5, 0.6) is 0 Å². The second kappa shape index (κ2) is 11.2. The normalized spacial score (nSPS) is 12.6. The molecule has 0 aliphatic heterocycles. The van der Waals surface area contributed by atoms with Gasteiger partial charge in [0.05, 0.1) is 6.54 Å². The van der Waals surface area contributed by atoms with E-state index in [9.17, 15) is 0 Å². The van der Waals surface area contributed by atoms with Gasteiger partial charge in [0.2, 0.25) is 6.33 Å². The highest BCUT2D eigenvalue weighted by atomic mass is 31.1. The van der Waals surface area contributed by atoms with E-state index in [1.807, 2.05) is 0 Å². The smallest absolute Gasteiger partial charge is 0.236 e. The molecule has 34 heavy (non-hydrogen) atoms. The molecule has 3 heteroatoms. The van der Waals surface area contributed by atoms with Crippen molar-refractivity contribution in [1.29, 1.82) is 0 Å². The molecule has 0 aliphatic carbocycles. The lowest BCUT2D eigenvalue weighted by atomic mass is 9.92. The number of hydrogen-bond acceptors (Lipinski definition) is 0. The summed E-state index contributed by atoms with van der Waals surface area (Å²) in [7, 11) is -0.393. The van der Waals surface area contributed by atoms with Crippen LogP contribution in [0.3, 0.4) is 0 Å². The summed E-state index contributed by atoms with van der Waals surface area (Å²) >= 11 is 0. The van der Waals surface area contributed by atoms with Gasteiger partial charge >= 0.3 is 0 Å². The van der Waals surface area contributed by atoms with Gasteiger partial charge in [-0.25, -0.2) is 9.13 Å². The third-order valence-corrected chi connectivity index (χ3v) is 9.46. The molecule has 4 rings (SSSR count). The largest absolute Gasteiger partial charge is 0.248 e. The van der Waals surface area contributed by atoms with Crippen LogP contribution in [-0.4, -0.2) is 10.2 Å². The summed E-state index contributed by atoms with van der Waals surface area (Å²) < 4.78 is 4.70. The van der Waals surface area contributed by atoms with Crippen molar-refractivity contribution in [3.05, 3.63) is 109 Å². The number of aromatic nitrogens is 2.